The summed E-state index contributed by atoms with van der Waals surface area (Å²) < 4.78 is 1.21. The van der Waals surface area contributed by atoms with E-state index in [1.807, 2.05) is 35.2 Å². The minimum atomic E-state index is 0.0586. The van der Waals surface area contributed by atoms with E-state index >= 15 is 0 Å². The van der Waals surface area contributed by atoms with Crippen LogP contribution in [-0.2, 0) is 0 Å². The maximum Gasteiger partial charge on any atom is 0.253 e. The van der Waals surface area contributed by atoms with Crippen LogP contribution in [0.5, 0.6) is 0 Å². The summed E-state index contributed by atoms with van der Waals surface area (Å²) in [4.78, 5) is 19.5. The molecule has 2 aromatic carbocycles. The lowest BCUT2D eigenvalue weighted by Gasteiger charge is -2.32. The highest BCUT2D eigenvalue weighted by Gasteiger charge is 2.27. The molecule has 1 atom stereocenters. The molecule has 1 saturated heterocycles. The number of carbonyl (C=O) groups is 1. The molecule has 1 fully saturated rings. The number of hydrogen-bond donors (Lipinski definition) is 0. The normalized spacial score (nSPS) is 18.0. The average Bonchev–Trinajstić information content (AvgIpc) is 3.05. The third-order valence-electron chi connectivity index (χ3n) is 4.44. The van der Waals surface area contributed by atoms with Crippen LogP contribution in [0.2, 0.25) is 5.02 Å². The highest BCUT2D eigenvalue weighted by atomic mass is 35.5. The average molecular weight is 357 g/mol. The summed E-state index contributed by atoms with van der Waals surface area (Å²) in [5.74, 6) is 0.377. The van der Waals surface area contributed by atoms with Gasteiger partial charge >= 0.3 is 0 Å². The summed E-state index contributed by atoms with van der Waals surface area (Å²) in [5.41, 5.74) is 1.71. The first-order valence-electron chi connectivity index (χ1n) is 8.11. The molecule has 0 radical (unpaired) electrons. The van der Waals surface area contributed by atoms with Gasteiger partial charge in [0.25, 0.3) is 5.91 Å². The zero-order valence-corrected chi connectivity index (χ0v) is 14.7. The molecule has 4 rings (SSSR count). The number of para-hydroxylation sites is 1. The zero-order chi connectivity index (χ0) is 16.5. The van der Waals surface area contributed by atoms with Crippen LogP contribution in [0.25, 0.3) is 10.2 Å². The Morgan fingerprint density at radius 1 is 1.21 bits per heavy atom. The molecule has 0 aliphatic carbocycles. The SMILES string of the molecule is O=C(c1cccc(Cl)c1)N1CCC[C@@H](c2nc3ccccc3s2)C1. The molecule has 5 heteroatoms. The third kappa shape index (κ3) is 3.04. The van der Waals surface area contributed by atoms with Gasteiger partial charge in [0.15, 0.2) is 0 Å². The van der Waals surface area contributed by atoms with Gasteiger partial charge in [-0.2, -0.15) is 0 Å². The van der Waals surface area contributed by atoms with Gasteiger partial charge in [-0.25, -0.2) is 4.98 Å². The van der Waals surface area contributed by atoms with Gasteiger partial charge in [0.1, 0.15) is 0 Å². The standard InChI is InChI=1S/C19H17ClN2OS/c20-15-7-3-5-13(11-15)19(23)22-10-4-6-14(12-22)18-21-16-8-1-2-9-17(16)24-18/h1-3,5,7-9,11,14H,4,6,10,12H2/t14-/m1/s1. The van der Waals surface area contributed by atoms with Crippen molar-refractivity contribution in [2.24, 2.45) is 0 Å². The van der Waals surface area contributed by atoms with E-state index in [0.717, 1.165) is 36.5 Å². The van der Waals surface area contributed by atoms with Gasteiger partial charge in [-0.05, 0) is 43.2 Å². The molecule has 0 spiro atoms. The fraction of sp³-hybridized carbons (Fsp3) is 0.263. The molecule has 0 unspecified atom stereocenters. The lowest BCUT2D eigenvalue weighted by atomic mass is 9.98. The topological polar surface area (TPSA) is 33.2 Å². The Hall–Kier alpha value is -1.91. The van der Waals surface area contributed by atoms with E-state index in [1.165, 1.54) is 4.70 Å². The van der Waals surface area contributed by atoms with Gasteiger partial charge in [-0.15, -0.1) is 11.3 Å². The molecule has 1 amide bonds. The first-order valence-corrected chi connectivity index (χ1v) is 9.30. The predicted octanol–water partition coefficient (Wildman–Crippen LogP) is 4.97. The van der Waals surface area contributed by atoms with Crippen LogP contribution in [0.3, 0.4) is 0 Å². The molecule has 0 saturated carbocycles. The first kappa shape index (κ1) is 15.6. The summed E-state index contributed by atoms with van der Waals surface area (Å²) in [6.45, 7) is 1.53. The molecule has 0 N–H and O–H groups in total. The third-order valence-corrected chi connectivity index (χ3v) is 5.87. The molecule has 122 valence electrons. The lowest BCUT2D eigenvalue weighted by Crippen LogP contribution is -2.39. The summed E-state index contributed by atoms with van der Waals surface area (Å²) in [7, 11) is 0. The number of amides is 1. The van der Waals surface area contributed by atoms with Gasteiger partial charge in [0.2, 0.25) is 0 Å². The molecule has 0 bridgehead atoms. The van der Waals surface area contributed by atoms with Gasteiger partial charge in [0.05, 0.1) is 15.2 Å². The van der Waals surface area contributed by atoms with Crippen molar-refractivity contribution in [3.63, 3.8) is 0 Å². The number of rotatable bonds is 2. The molecule has 3 nitrogen and oxygen atoms in total. The zero-order valence-electron chi connectivity index (χ0n) is 13.1. The number of carbonyl (C=O) groups excluding carboxylic acids is 1. The maximum absolute atomic E-state index is 12.8. The van der Waals surface area contributed by atoms with Crippen molar-refractivity contribution in [1.29, 1.82) is 0 Å². The Bertz CT molecular complexity index is 859. The van der Waals surface area contributed by atoms with Crippen LogP contribution in [0.1, 0.15) is 34.1 Å². The largest absolute Gasteiger partial charge is 0.338 e. The number of fused-ring (bicyclic) bond motifs is 1. The van der Waals surface area contributed by atoms with Crippen molar-refractivity contribution in [3.05, 3.63) is 64.1 Å². The van der Waals surface area contributed by atoms with E-state index in [4.69, 9.17) is 16.6 Å². The van der Waals surface area contributed by atoms with Crippen molar-refractivity contribution in [1.82, 2.24) is 9.88 Å². The van der Waals surface area contributed by atoms with Gasteiger partial charge < -0.3 is 4.90 Å². The summed E-state index contributed by atoms with van der Waals surface area (Å²) in [6.07, 6.45) is 2.09. The maximum atomic E-state index is 12.8. The smallest absolute Gasteiger partial charge is 0.253 e. The second-order valence-corrected chi connectivity index (χ2v) is 7.62. The predicted molar refractivity (Wildman–Crippen MR) is 99.0 cm³/mol. The molecular weight excluding hydrogens is 340 g/mol. The Labute approximate surface area is 149 Å². The number of benzene rings is 2. The second kappa shape index (κ2) is 6.54. The van der Waals surface area contributed by atoms with Gasteiger partial charge in [-0.1, -0.05) is 29.8 Å². The van der Waals surface area contributed by atoms with Crippen LogP contribution < -0.4 is 0 Å². The van der Waals surface area contributed by atoms with Crippen LogP contribution in [0.15, 0.2) is 48.5 Å². The summed E-state index contributed by atoms with van der Waals surface area (Å²) in [5, 5.41) is 1.74. The van der Waals surface area contributed by atoms with E-state index in [-0.39, 0.29) is 5.91 Å². The first-order chi connectivity index (χ1) is 11.7. The quantitative estimate of drug-likeness (QED) is 0.649. The second-order valence-electron chi connectivity index (χ2n) is 6.12. The molecule has 3 aromatic rings. The van der Waals surface area contributed by atoms with E-state index in [2.05, 4.69) is 6.07 Å². The number of nitrogens with zero attached hydrogens (tertiary/aromatic N) is 2. The van der Waals surface area contributed by atoms with Crippen LogP contribution in [-0.4, -0.2) is 28.9 Å². The number of aromatic nitrogens is 1. The molecule has 1 aliphatic rings. The Morgan fingerprint density at radius 3 is 2.92 bits per heavy atom. The fourth-order valence-electron chi connectivity index (χ4n) is 3.23. The highest BCUT2D eigenvalue weighted by molar-refractivity contribution is 7.18. The van der Waals surface area contributed by atoms with E-state index in [0.29, 0.717) is 16.5 Å². The highest BCUT2D eigenvalue weighted by Crippen LogP contribution is 2.33. The Kier molecular flexibility index (Phi) is 4.25. The van der Waals surface area contributed by atoms with Crippen molar-refractivity contribution < 1.29 is 4.79 Å². The van der Waals surface area contributed by atoms with Gasteiger partial charge in [0, 0.05) is 29.6 Å². The number of likely N-dealkylation sites (tertiary alicyclic amines) is 1. The van der Waals surface area contributed by atoms with E-state index in [1.54, 1.807) is 23.5 Å². The van der Waals surface area contributed by atoms with Crippen LogP contribution in [0, 0.1) is 0 Å². The number of halogens is 1. The Balaban J connectivity index is 1.56. The number of piperidine rings is 1. The van der Waals surface area contributed by atoms with Crippen molar-refractivity contribution in [2.75, 3.05) is 13.1 Å². The minimum absolute atomic E-state index is 0.0586. The van der Waals surface area contributed by atoms with Crippen molar-refractivity contribution in [2.45, 2.75) is 18.8 Å². The monoisotopic (exact) mass is 356 g/mol. The molecule has 1 aromatic heterocycles. The van der Waals surface area contributed by atoms with E-state index in [9.17, 15) is 4.79 Å². The Morgan fingerprint density at radius 2 is 2.08 bits per heavy atom. The van der Waals surface area contributed by atoms with Crippen molar-refractivity contribution >= 4 is 39.1 Å². The summed E-state index contributed by atoms with van der Waals surface area (Å²) >= 11 is 7.76. The summed E-state index contributed by atoms with van der Waals surface area (Å²) in [6, 6.07) is 15.4. The van der Waals surface area contributed by atoms with Crippen LogP contribution in [0.4, 0.5) is 0 Å². The van der Waals surface area contributed by atoms with Gasteiger partial charge in [-0.3, -0.25) is 4.79 Å². The molecule has 1 aliphatic heterocycles. The lowest BCUT2D eigenvalue weighted by molar-refractivity contribution is 0.0707. The fourth-order valence-corrected chi connectivity index (χ4v) is 4.52. The molecule has 24 heavy (non-hydrogen) atoms. The molecular formula is C19H17ClN2OS. The minimum Gasteiger partial charge on any atom is -0.338 e. The number of thiazole rings is 1. The number of hydrogen-bond acceptors (Lipinski definition) is 3. The van der Waals surface area contributed by atoms with Crippen LogP contribution >= 0.6 is 22.9 Å². The van der Waals surface area contributed by atoms with Crippen molar-refractivity contribution in [3.8, 4) is 0 Å². The molecule has 2 heterocycles. The van der Waals surface area contributed by atoms with E-state index < -0.39 is 0 Å².